The molecule has 1 atom stereocenters. The second kappa shape index (κ2) is 8.57. The Morgan fingerprint density at radius 3 is 2.88 bits per heavy atom. The summed E-state index contributed by atoms with van der Waals surface area (Å²) in [6, 6.07) is 7.37. The maximum Gasteiger partial charge on any atom is 0.343 e. The zero-order valence-corrected chi connectivity index (χ0v) is 16.0. The maximum absolute atomic E-state index is 11.9. The smallest absolute Gasteiger partial charge is 0.343 e. The number of aromatic nitrogens is 4. The Kier molecular flexibility index (Phi) is 6.18. The van der Waals surface area contributed by atoms with Crippen LogP contribution in [0.4, 0.5) is 0 Å². The van der Waals surface area contributed by atoms with Gasteiger partial charge in [0.2, 0.25) is 5.89 Å². The van der Waals surface area contributed by atoms with Crippen molar-refractivity contribution in [1.82, 2.24) is 19.7 Å². The third-order valence-corrected chi connectivity index (χ3v) is 5.07. The second-order valence-electron chi connectivity index (χ2n) is 5.64. The minimum atomic E-state index is -0.231. The fraction of sp³-hybridized carbons (Fsp3) is 0.353. The van der Waals surface area contributed by atoms with Gasteiger partial charge in [0.05, 0.1) is 11.4 Å². The Bertz CT molecular complexity index is 903. The molecule has 138 valence electrons. The van der Waals surface area contributed by atoms with Gasteiger partial charge < -0.3 is 9.15 Å². The number of nitrogens with zero attached hydrogens (tertiary/aromatic N) is 3. The molecule has 1 N–H and O–H groups in total. The molecule has 1 aromatic carbocycles. The van der Waals surface area contributed by atoms with E-state index in [-0.39, 0.29) is 10.9 Å². The van der Waals surface area contributed by atoms with Crippen LogP contribution in [0.15, 0.2) is 44.8 Å². The normalized spacial score (nSPS) is 12.4. The maximum atomic E-state index is 11.9. The number of rotatable bonds is 8. The highest BCUT2D eigenvalue weighted by Gasteiger charge is 2.19. The second-order valence-corrected chi connectivity index (χ2v) is 7.38. The molecule has 0 aliphatic rings. The first-order chi connectivity index (χ1) is 12.6. The molecule has 0 fully saturated rings. The number of ether oxygens (including phenoxy) is 1. The summed E-state index contributed by atoms with van der Waals surface area (Å²) in [6.07, 6.45) is 2.42. The quantitative estimate of drug-likeness (QED) is 0.462. The molecule has 9 heteroatoms. The zero-order valence-electron chi connectivity index (χ0n) is 14.4. The van der Waals surface area contributed by atoms with Gasteiger partial charge in [0, 0.05) is 30.8 Å². The molecule has 0 saturated heterocycles. The van der Waals surface area contributed by atoms with E-state index in [4.69, 9.17) is 20.8 Å². The topological polar surface area (TPSA) is 85.9 Å². The number of aromatic amines is 1. The molecular weight excluding hydrogens is 376 g/mol. The van der Waals surface area contributed by atoms with Crippen LogP contribution in [0.2, 0.25) is 5.02 Å². The molecule has 0 amide bonds. The fourth-order valence-corrected chi connectivity index (χ4v) is 3.44. The molecule has 1 unspecified atom stereocenters. The number of nitrogens with one attached hydrogen (secondary N) is 1. The minimum absolute atomic E-state index is 0.104. The number of hydrogen-bond donors (Lipinski definition) is 1. The van der Waals surface area contributed by atoms with Crippen LogP contribution in [0, 0.1) is 0 Å². The van der Waals surface area contributed by atoms with Gasteiger partial charge in [-0.25, -0.2) is 14.9 Å². The van der Waals surface area contributed by atoms with Gasteiger partial charge in [0.25, 0.3) is 0 Å². The van der Waals surface area contributed by atoms with Crippen molar-refractivity contribution in [2.24, 2.45) is 0 Å². The van der Waals surface area contributed by atoms with E-state index in [0.717, 1.165) is 12.0 Å². The van der Waals surface area contributed by atoms with Gasteiger partial charge in [-0.3, -0.25) is 4.57 Å². The number of halogens is 1. The summed E-state index contributed by atoms with van der Waals surface area (Å²) in [5, 5.41) is 7.75. The summed E-state index contributed by atoms with van der Waals surface area (Å²) in [7, 11) is 1.64. The molecular formula is C17H19ClN4O3S. The van der Waals surface area contributed by atoms with E-state index >= 15 is 0 Å². The predicted octanol–water partition coefficient (Wildman–Crippen LogP) is 3.77. The van der Waals surface area contributed by atoms with Crippen LogP contribution in [0.3, 0.4) is 0 Å². The first-order valence-electron chi connectivity index (χ1n) is 8.11. The molecule has 7 nitrogen and oxygen atoms in total. The largest absolute Gasteiger partial charge is 0.440 e. The molecule has 0 bridgehead atoms. The summed E-state index contributed by atoms with van der Waals surface area (Å²) in [6.45, 7) is 3.09. The lowest BCUT2D eigenvalue weighted by atomic mass is 10.2. The van der Waals surface area contributed by atoms with Gasteiger partial charge in [0.15, 0.2) is 10.9 Å². The van der Waals surface area contributed by atoms with Crippen LogP contribution < -0.4 is 5.69 Å². The summed E-state index contributed by atoms with van der Waals surface area (Å²) >= 11 is 7.33. The Morgan fingerprint density at radius 1 is 1.38 bits per heavy atom. The number of methoxy groups -OCH3 is 1. The molecule has 0 aliphatic carbocycles. The highest BCUT2D eigenvalue weighted by atomic mass is 35.5. The third kappa shape index (κ3) is 4.38. The van der Waals surface area contributed by atoms with Crippen LogP contribution in [-0.4, -0.2) is 33.5 Å². The van der Waals surface area contributed by atoms with Gasteiger partial charge in [-0.1, -0.05) is 23.4 Å². The van der Waals surface area contributed by atoms with Crippen LogP contribution in [0.5, 0.6) is 0 Å². The van der Waals surface area contributed by atoms with Crippen molar-refractivity contribution in [3.05, 3.63) is 51.9 Å². The standard InChI is InChI=1S/C17H19ClN4O3S/c1-11(26-17-21-20-16(23)22(17)8-3-9-24-2)15-19-10-14(25-15)12-4-6-13(18)7-5-12/h4-7,10-11H,3,8-9H2,1-2H3,(H,20,23). The van der Waals surface area contributed by atoms with Gasteiger partial charge in [-0.15, -0.1) is 5.10 Å². The van der Waals surface area contributed by atoms with Crippen LogP contribution >= 0.6 is 23.4 Å². The van der Waals surface area contributed by atoms with Crippen LogP contribution in [0.1, 0.15) is 24.5 Å². The lowest BCUT2D eigenvalue weighted by molar-refractivity contribution is 0.189. The predicted molar refractivity (Wildman–Crippen MR) is 101 cm³/mol. The highest BCUT2D eigenvalue weighted by molar-refractivity contribution is 7.99. The van der Waals surface area contributed by atoms with E-state index in [2.05, 4.69) is 15.2 Å². The van der Waals surface area contributed by atoms with Crippen molar-refractivity contribution in [3.63, 3.8) is 0 Å². The van der Waals surface area contributed by atoms with E-state index < -0.39 is 0 Å². The zero-order chi connectivity index (χ0) is 18.5. The average Bonchev–Trinajstić information content (AvgIpc) is 3.25. The van der Waals surface area contributed by atoms with Crippen molar-refractivity contribution in [2.45, 2.75) is 30.3 Å². The Balaban J connectivity index is 1.72. The average molecular weight is 395 g/mol. The molecule has 3 aromatic rings. The van der Waals surface area contributed by atoms with Gasteiger partial charge in [0.1, 0.15) is 0 Å². The molecule has 0 radical (unpaired) electrons. The van der Waals surface area contributed by atoms with E-state index in [1.165, 1.54) is 11.8 Å². The van der Waals surface area contributed by atoms with Crippen molar-refractivity contribution < 1.29 is 9.15 Å². The Labute approximate surface area is 159 Å². The summed E-state index contributed by atoms with van der Waals surface area (Å²) < 4.78 is 12.5. The monoisotopic (exact) mass is 394 g/mol. The van der Waals surface area contributed by atoms with Crippen LogP contribution in [0.25, 0.3) is 11.3 Å². The number of H-pyrrole nitrogens is 1. The van der Waals surface area contributed by atoms with Gasteiger partial charge >= 0.3 is 5.69 Å². The first kappa shape index (κ1) is 18.8. The summed E-state index contributed by atoms with van der Waals surface area (Å²) in [5.41, 5.74) is 0.673. The van der Waals surface area contributed by atoms with Crippen molar-refractivity contribution in [3.8, 4) is 11.3 Å². The molecule has 26 heavy (non-hydrogen) atoms. The lowest BCUT2D eigenvalue weighted by Gasteiger charge is -2.08. The van der Waals surface area contributed by atoms with E-state index in [1.807, 2.05) is 19.1 Å². The fourth-order valence-electron chi connectivity index (χ4n) is 2.39. The number of oxazole rings is 1. The summed E-state index contributed by atoms with van der Waals surface area (Å²) in [5.74, 6) is 1.24. The van der Waals surface area contributed by atoms with Crippen LogP contribution in [-0.2, 0) is 11.3 Å². The van der Waals surface area contributed by atoms with Crippen molar-refractivity contribution in [2.75, 3.05) is 13.7 Å². The van der Waals surface area contributed by atoms with E-state index in [0.29, 0.717) is 35.0 Å². The number of thioether (sulfide) groups is 1. The highest BCUT2D eigenvalue weighted by Crippen LogP contribution is 2.34. The number of hydrogen-bond acceptors (Lipinski definition) is 6. The van der Waals surface area contributed by atoms with Gasteiger partial charge in [-0.05, 0) is 37.6 Å². The van der Waals surface area contributed by atoms with Crippen molar-refractivity contribution in [1.29, 1.82) is 0 Å². The van der Waals surface area contributed by atoms with E-state index in [9.17, 15) is 4.79 Å². The molecule has 0 saturated carbocycles. The third-order valence-electron chi connectivity index (χ3n) is 3.74. The molecule has 2 aromatic heterocycles. The van der Waals surface area contributed by atoms with Gasteiger partial charge in [-0.2, -0.15) is 0 Å². The Morgan fingerprint density at radius 2 is 2.15 bits per heavy atom. The van der Waals surface area contributed by atoms with E-state index in [1.54, 1.807) is 30.0 Å². The molecule has 0 aliphatic heterocycles. The SMILES string of the molecule is COCCCn1c(SC(C)c2ncc(-c3ccc(Cl)cc3)o2)n[nH]c1=O. The molecule has 3 rings (SSSR count). The van der Waals surface area contributed by atoms with Crippen molar-refractivity contribution >= 4 is 23.4 Å². The first-order valence-corrected chi connectivity index (χ1v) is 9.36. The lowest BCUT2D eigenvalue weighted by Crippen LogP contribution is -2.18. The number of benzene rings is 1. The molecule has 2 heterocycles. The Hall–Kier alpha value is -2.03. The minimum Gasteiger partial charge on any atom is -0.440 e. The molecule has 0 spiro atoms. The summed E-state index contributed by atoms with van der Waals surface area (Å²) in [4.78, 5) is 16.3.